The SMILES string of the molecule is CC(C)C(O)C(=O)N1CCCC1C=O. The highest BCUT2D eigenvalue weighted by Crippen LogP contribution is 2.18. The van der Waals surface area contributed by atoms with Crippen LogP contribution in [0.3, 0.4) is 0 Å². The molecule has 0 aromatic carbocycles. The van der Waals surface area contributed by atoms with Crippen molar-refractivity contribution in [3.8, 4) is 0 Å². The molecule has 14 heavy (non-hydrogen) atoms. The van der Waals surface area contributed by atoms with Crippen LogP contribution in [0.5, 0.6) is 0 Å². The fourth-order valence-electron chi connectivity index (χ4n) is 1.66. The predicted molar refractivity (Wildman–Crippen MR) is 51.6 cm³/mol. The molecule has 4 heteroatoms. The summed E-state index contributed by atoms with van der Waals surface area (Å²) in [6.07, 6.45) is 1.38. The lowest BCUT2D eigenvalue weighted by Gasteiger charge is -2.25. The molecule has 80 valence electrons. The first-order valence-electron chi connectivity index (χ1n) is 5.01. The summed E-state index contributed by atoms with van der Waals surface area (Å²) in [6, 6.07) is -0.323. The van der Waals surface area contributed by atoms with Gasteiger partial charge in [0.1, 0.15) is 12.4 Å². The predicted octanol–water partition coefficient (Wildman–Crippen LogP) is 0.193. The van der Waals surface area contributed by atoms with E-state index in [1.807, 2.05) is 0 Å². The van der Waals surface area contributed by atoms with E-state index in [1.54, 1.807) is 13.8 Å². The zero-order valence-corrected chi connectivity index (χ0v) is 8.64. The number of carbonyl (C=O) groups excluding carboxylic acids is 2. The van der Waals surface area contributed by atoms with Crippen molar-refractivity contribution in [1.29, 1.82) is 0 Å². The summed E-state index contributed by atoms with van der Waals surface area (Å²) in [7, 11) is 0. The number of rotatable bonds is 3. The molecule has 2 atom stereocenters. The van der Waals surface area contributed by atoms with E-state index in [-0.39, 0.29) is 17.9 Å². The van der Waals surface area contributed by atoms with E-state index in [0.717, 1.165) is 19.1 Å². The first-order valence-corrected chi connectivity index (χ1v) is 5.01. The van der Waals surface area contributed by atoms with Gasteiger partial charge in [0.05, 0.1) is 6.04 Å². The second-order valence-corrected chi connectivity index (χ2v) is 4.07. The van der Waals surface area contributed by atoms with Crippen LogP contribution in [0.1, 0.15) is 26.7 Å². The molecule has 2 unspecified atom stereocenters. The maximum atomic E-state index is 11.7. The van der Waals surface area contributed by atoms with E-state index in [4.69, 9.17) is 0 Å². The molecule has 0 radical (unpaired) electrons. The van der Waals surface area contributed by atoms with Gasteiger partial charge in [0.25, 0.3) is 5.91 Å². The second kappa shape index (κ2) is 4.55. The van der Waals surface area contributed by atoms with Gasteiger partial charge in [0.2, 0.25) is 0 Å². The Labute approximate surface area is 83.9 Å². The minimum atomic E-state index is -0.976. The summed E-state index contributed by atoms with van der Waals surface area (Å²) in [5.74, 6) is -0.412. The lowest BCUT2D eigenvalue weighted by molar-refractivity contribution is -0.144. The second-order valence-electron chi connectivity index (χ2n) is 4.07. The molecule has 0 aromatic rings. The molecule has 1 fully saturated rings. The van der Waals surface area contributed by atoms with Crippen LogP contribution in [-0.4, -0.2) is 40.9 Å². The van der Waals surface area contributed by atoms with Gasteiger partial charge in [-0.2, -0.15) is 0 Å². The third-order valence-electron chi connectivity index (χ3n) is 2.62. The Morgan fingerprint density at radius 2 is 2.21 bits per heavy atom. The van der Waals surface area contributed by atoms with Crippen LogP contribution >= 0.6 is 0 Å². The molecule has 1 aliphatic rings. The molecule has 1 N–H and O–H groups in total. The molecule has 0 saturated carbocycles. The average molecular weight is 199 g/mol. The van der Waals surface area contributed by atoms with Crippen LogP contribution in [0.15, 0.2) is 0 Å². The number of aliphatic hydroxyl groups is 1. The van der Waals surface area contributed by atoms with Crippen molar-refractivity contribution in [3.05, 3.63) is 0 Å². The number of hydrogen-bond donors (Lipinski definition) is 1. The third kappa shape index (κ3) is 2.12. The van der Waals surface area contributed by atoms with E-state index in [0.29, 0.717) is 6.54 Å². The molecule has 0 aliphatic carbocycles. The Bertz CT molecular complexity index is 227. The van der Waals surface area contributed by atoms with Crippen LogP contribution in [0.2, 0.25) is 0 Å². The standard InChI is InChI=1S/C10H17NO3/c1-7(2)9(13)10(14)11-5-3-4-8(11)6-12/h6-9,13H,3-5H2,1-2H3. The van der Waals surface area contributed by atoms with Crippen molar-refractivity contribution in [2.75, 3.05) is 6.54 Å². The quantitative estimate of drug-likeness (QED) is 0.660. The van der Waals surface area contributed by atoms with Crippen molar-refractivity contribution in [1.82, 2.24) is 4.90 Å². The molecule has 1 heterocycles. The fourth-order valence-corrected chi connectivity index (χ4v) is 1.66. The largest absolute Gasteiger partial charge is 0.383 e. The zero-order chi connectivity index (χ0) is 10.7. The number of nitrogens with zero attached hydrogens (tertiary/aromatic N) is 1. The maximum absolute atomic E-state index is 11.7. The number of likely N-dealkylation sites (tertiary alicyclic amines) is 1. The first-order chi connectivity index (χ1) is 6.57. The Hall–Kier alpha value is -0.900. The summed E-state index contributed by atoms with van der Waals surface area (Å²) in [6.45, 7) is 4.16. The smallest absolute Gasteiger partial charge is 0.252 e. The Kier molecular flexibility index (Phi) is 3.63. The number of aliphatic hydroxyl groups excluding tert-OH is 1. The molecule has 4 nitrogen and oxygen atoms in total. The van der Waals surface area contributed by atoms with Gasteiger partial charge >= 0.3 is 0 Å². The van der Waals surface area contributed by atoms with Gasteiger partial charge in [-0.15, -0.1) is 0 Å². The van der Waals surface area contributed by atoms with Crippen LogP contribution in [0.25, 0.3) is 0 Å². The zero-order valence-electron chi connectivity index (χ0n) is 8.64. The molecule has 1 saturated heterocycles. The first kappa shape index (κ1) is 11.2. The van der Waals surface area contributed by atoms with E-state index in [9.17, 15) is 14.7 Å². The summed E-state index contributed by atoms with van der Waals surface area (Å²) < 4.78 is 0. The van der Waals surface area contributed by atoms with Gasteiger partial charge < -0.3 is 14.8 Å². The van der Waals surface area contributed by atoms with E-state index in [1.165, 1.54) is 4.90 Å². The van der Waals surface area contributed by atoms with Gasteiger partial charge in [-0.05, 0) is 18.8 Å². The van der Waals surface area contributed by atoms with E-state index in [2.05, 4.69) is 0 Å². The highest BCUT2D eigenvalue weighted by atomic mass is 16.3. The van der Waals surface area contributed by atoms with Gasteiger partial charge in [0, 0.05) is 6.54 Å². The van der Waals surface area contributed by atoms with Crippen molar-refractivity contribution in [3.63, 3.8) is 0 Å². The Balaban J connectivity index is 2.64. The van der Waals surface area contributed by atoms with E-state index >= 15 is 0 Å². The van der Waals surface area contributed by atoms with Crippen LogP contribution < -0.4 is 0 Å². The molecule has 0 bridgehead atoms. The Morgan fingerprint density at radius 3 is 2.71 bits per heavy atom. The lowest BCUT2D eigenvalue weighted by Crippen LogP contribution is -2.44. The highest BCUT2D eigenvalue weighted by molar-refractivity contribution is 5.84. The summed E-state index contributed by atoms with van der Waals surface area (Å²) >= 11 is 0. The number of amides is 1. The minimum absolute atomic E-state index is 0.101. The van der Waals surface area contributed by atoms with Gasteiger partial charge in [0.15, 0.2) is 0 Å². The van der Waals surface area contributed by atoms with E-state index < -0.39 is 6.10 Å². The maximum Gasteiger partial charge on any atom is 0.252 e. The number of hydrogen-bond acceptors (Lipinski definition) is 3. The molecule has 1 amide bonds. The van der Waals surface area contributed by atoms with Crippen LogP contribution in [0.4, 0.5) is 0 Å². The molecular weight excluding hydrogens is 182 g/mol. The van der Waals surface area contributed by atoms with Crippen molar-refractivity contribution >= 4 is 12.2 Å². The minimum Gasteiger partial charge on any atom is -0.383 e. The average Bonchev–Trinajstić information content (AvgIpc) is 2.62. The summed E-state index contributed by atoms with van der Waals surface area (Å²) in [4.78, 5) is 23.8. The lowest BCUT2D eigenvalue weighted by atomic mass is 10.1. The van der Waals surface area contributed by atoms with Gasteiger partial charge in [-0.3, -0.25) is 4.79 Å². The third-order valence-corrected chi connectivity index (χ3v) is 2.62. The van der Waals surface area contributed by atoms with Crippen molar-refractivity contribution in [2.24, 2.45) is 5.92 Å². The molecular formula is C10H17NO3. The van der Waals surface area contributed by atoms with Crippen LogP contribution in [0, 0.1) is 5.92 Å². The number of aldehydes is 1. The monoisotopic (exact) mass is 199 g/mol. The molecule has 0 spiro atoms. The molecule has 0 aromatic heterocycles. The Morgan fingerprint density at radius 1 is 1.57 bits per heavy atom. The summed E-state index contributed by atoms with van der Waals surface area (Å²) in [5.41, 5.74) is 0. The van der Waals surface area contributed by atoms with Gasteiger partial charge in [-0.25, -0.2) is 0 Å². The van der Waals surface area contributed by atoms with Crippen LogP contribution in [-0.2, 0) is 9.59 Å². The topological polar surface area (TPSA) is 57.6 Å². The molecule has 1 aliphatic heterocycles. The molecule has 1 rings (SSSR count). The highest BCUT2D eigenvalue weighted by Gasteiger charge is 2.32. The summed E-state index contributed by atoms with van der Waals surface area (Å²) in [5, 5.41) is 9.56. The van der Waals surface area contributed by atoms with Crippen molar-refractivity contribution < 1.29 is 14.7 Å². The number of carbonyl (C=O) groups is 2. The van der Waals surface area contributed by atoms with Gasteiger partial charge in [-0.1, -0.05) is 13.8 Å². The van der Waals surface area contributed by atoms with Crippen molar-refractivity contribution in [2.45, 2.75) is 38.8 Å². The normalized spacial score (nSPS) is 24.0. The fraction of sp³-hybridized carbons (Fsp3) is 0.800.